The van der Waals surface area contributed by atoms with Crippen LogP contribution in [0.5, 0.6) is 5.75 Å². The molecule has 1 amide bonds. The number of morpholine rings is 1. The molecule has 0 radical (unpaired) electrons. The fourth-order valence-electron chi connectivity index (χ4n) is 3.56. The first-order chi connectivity index (χ1) is 14.6. The van der Waals surface area contributed by atoms with Gasteiger partial charge in [-0.25, -0.2) is 9.07 Å². The van der Waals surface area contributed by atoms with E-state index in [1.807, 2.05) is 36.1 Å². The van der Waals surface area contributed by atoms with Gasteiger partial charge in [-0.15, -0.1) is 0 Å². The van der Waals surface area contributed by atoms with Crippen LogP contribution in [0, 0.1) is 5.82 Å². The molecule has 1 aromatic heterocycles. The number of amides is 1. The van der Waals surface area contributed by atoms with E-state index in [2.05, 4.69) is 5.10 Å². The smallest absolute Gasteiger partial charge is 0.257 e. The van der Waals surface area contributed by atoms with Crippen LogP contribution in [0.3, 0.4) is 0 Å². The first-order valence-corrected chi connectivity index (χ1v) is 10.00. The molecule has 0 spiro atoms. The second-order valence-corrected chi connectivity index (χ2v) is 7.20. The molecule has 1 fully saturated rings. The normalized spacial score (nSPS) is 16.5. The summed E-state index contributed by atoms with van der Waals surface area (Å²) >= 11 is 0. The van der Waals surface area contributed by atoms with E-state index in [0.717, 1.165) is 12.0 Å². The summed E-state index contributed by atoms with van der Waals surface area (Å²) in [6, 6.07) is 13.5. The van der Waals surface area contributed by atoms with Gasteiger partial charge in [0, 0.05) is 24.8 Å². The van der Waals surface area contributed by atoms with Crippen LogP contribution in [-0.4, -0.2) is 53.5 Å². The number of nitrogens with zero attached hydrogens (tertiary/aromatic N) is 3. The second-order valence-electron chi connectivity index (χ2n) is 7.20. The number of carbonyl (C=O) groups is 1. The molecule has 1 unspecified atom stereocenters. The maximum Gasteiger partial charge on any atom is 0.257 e. The van der Waals surface area contributed by atoms with Crippen LogP contribution in [-0.2, 0) is 4.74 Å². The lowest BCUT2D eigenvalue weighted by molar-refractivity contribution is -0.0226. The molecule has 1 aliphatic heterocycles. The minimum atomic E-state index is -0.325. The summed E-state index contributed by atoms with van der Waals surface area (Å²) in [7, 11) is 1.60. The quantitative estimate of drug-likeness (QED) is 0.641. The van der Waals surface area contributed by atoms with Gasteiger partial charge in [0.25, 0.3) is 5.91 Å². The van der Waals surface area contributed by atoms with Crippen LogP contribution in [0.25, 0.3) is 16.9 Å². The molecule has 3 aromatic rings. The van der Waals surface area contributed by atoms with Crippen molar-refractivity contribution >= 4 is 5.91 Å². The van der Waals surface area contributed by atoms with E-state index in [-0.39, 0.29) is 17.8 Å². The highest BCUT2D eigenvalue weighted by molar-refractivity contribution is 6.00. The number of methoxy groups -OCH3 is 1. The molecule has 0 aliphatic carbocycles. The predicted octanol–water partition coefficient (Wildman–Crippen LogP) is 3.94. The number of rotatable bonds is 5. The summed E-state index contributed by atoms with van der Waals surface area (Å²) in [5, 5.41) is 4.67. The third kappa shape index (κ3) is 4.07. The van der Waals surface area contributed by atoms with Gasteiger partial charge in [0.15, 0.2) is 0 Å². The maximum atomic E-state index is 13.4. The van der Waals surface area contributed by atoms with Gasteiger partial charge in [0.05, 0.1) is 31.1 Å². The molecule has 0 saturated carbocycles. The van der Waals surface area contributed by atoms with E-state index < -0.39 is 0 Å². The summed E-state index contributed by atoms with van der Waals surface area (Å²) in [5.74, 6) is 0.261. The molecule has 4 rings (SSSR count). The lowest BCUT2D eigenvalue weighted by Gasteiger charge is -2.32. The van der Waals surface area contributed by atoms with E-state index in [1.165, 1.54) is 12.1 Å². The Labute approximate surface area is 174 Å². The van der Waals surface area contributed by atoms with Crippen molar-refractivity contribution in [3.05, 3.63) is 66.1 Å². The zero-order valence-corrected chi connectivity index (χ0v) is 17.0. The Balaban J connectivity index is 1.76. The number of hydrogen-bond acceptors (Lipinski definition) is 4. The van der Waals surface area contributed by atoms with Gasteiger partial charge in [-0.1, -0.05) is 19.1 Å². The molecule has 7 heteroatoms. The van der Waals surface area contributed by atoms with E-state index in [4.69, 9.17) is 9.47 Å². The molecular formula is C23H24FN3O3. The summed E-state index contributed by atoms with van der Waals surface area (Å²) in [6.45, 7) is 3.65. The third-order valence-electron chi connectivity index (χ3n) is 5.26. The number of carbonyl (C=O) groups excluding carboxylic acids is 1. The largest absolute Gasteiger partial charge is 0.497 e. The highest BCUT2D eigenvalue weighted by Crippen LogP contribution is 2.28. The molecule has 2 heterocycles. The predicted molar refractivity (Wildman–Crippen MR) is 111 cm³/mol. The van der Waals surface area contributed by atoms with Gasteiger partial charge in [-0.05, 0) is 42.8 Å². The summed E-state index contributed by atoms with van der Waals surface area (Å²) in [4.78, 5) is 15.2. The van der Waals surface area contributed by atoms with Gasteiger partial charge in [-0.2, -0.15) is 5.10 Å². The Bertz CT molecular complexity index is 1030. The first kappa shape index (κ1) is 20.1. The van der Waals surface area contributed by atoms with E-state index in [9.17, 15) is 9.18 Å². The Morgan fingerprint density at radius 1 is 1.27 bits per heavy atom. The minimum absolute atomic E-state index is 0.0371. The third-order valence-corrected chi connectivity index (χ3v) is 5.26. The first-order valence-electron chi connectivity index (χ1n) is 10.00. The topological polar surface area (TPSA) is 56.6 Å². The average molecular weight is 409 g/mol. The standard InChI is InChI=1S/C23H24FN3O3/c1-3-19-14-26(11-12-30-19)23(28)21-15-27(18-9-7-17(24)8-10-18)25-22(21)16-5-4-6-20(13-16)29-2/h4-10,13,15,19H,3,11-12,14H2,1-2H3. The number of benzene rings is 2. The zero-order chi connectivity index (χ0) is 21.1. The van der Waals surface area contributed by atoms with Crippen molar-refractivity contribution in [3.63, 3.8) is 0 Å². The van der Waals surface area contributed by atoms with E-state index in [0.29, 0.717) is 42.4 Å². The summed E-state index contributed by atoms with van der Waals surface area (Å²) in [6.07, 6.45) is 2.59. The highest BCUT2D eigenvalue weighted by atomic mass is 19.1. The molecule has 156 valence electrons. The van der Waals surface area contributed by atoms with Crippen molar-refractivity contribution in [1.29, 1.82) is 0 Å². The molecule has 6 nitrogen and oxygen atoms in total. The van der Waals surface area contributed by atoms with Crippen LogP contribution in [0.4, 0.5) is 4.39 Å². The molecule has 1 atom stereocenters. The van der Waals surface area contributed by atoms with E-state index >= 15 is 0 Å². The molecule has 0 N–H and O–H groups in total. The number of aromatic nitrogens is 2. The van der Waals surface area contributed by atoms with Crippen LogP contribution >= 0.6 is 0 Å². The van der Waals surface area contributed by atoms with Gasteiger partial charge < -0.3 is 14.4 Å². The Morgan fingerprint density at radius 3 is 2.80 bits per heavy atom. The molecule has 2 aromatic carbocycles. The maximum absolute atomic E-state index is 13.4. The van der Waals surface area contributed by atoms with Crippen molar-refractivity contribution in [2.75, 3.05) is 26.8 Å². The molecule has 1 saturated heterocycles. The molecular weight excluding hydrogens is 385 g/mol. The summed E-state index contributed by atoms with van der Waals surface area (Å²) in [5.41, 5.74) is 2.50. The fraction of sp³-hybridized carbons (Fsp3) is 0.304. The van der Waals surface area contributed by atoms with E-state index in [1.54, 1.807) is 30.1 Å². The van der Waals surface area contributed by atoms with Crippen molar-refractivity contribution in [2.45, 2.75) is 19.4 Å². The molecule has 30 heavy (non-hydrogen) atoms. The number of ether oxygens (including phenoxy) is 2. The highest BCUT2D eigenvalue weighted by Gasteiger charge is 2.28. The lowest BCUT2D eigenvalue weighted by atomic mass is 10.1. The van der Waals surface area contributed by atoms with Gasteiger partial charge in [0.1, 0.15) is 17.3 Å². The van der Waals surface area contributed by atoms with Crippen molar-refractivity contribution in [2.24, 2.45) is 0 Å². The summed E-state index contributed by atoms with van der Waals surface area (Å²) < 4.78 is 26.0. The van der Waals surface area contributed by atoms with Crippen LogP contribution in [0.1, 0.15) is 23.7 Å². The number of hydrogen-bond donors (Lipinski definition) is 0. The molecule has 1 aliphatic rings. The SMILES string of the molecule is CCC1CN(C(=O)c2cn(-c3ccc(F)cc3)nc2-c2cccc(OC)c2)CCO1. The monoisotopic (exact) mass is 409 g/mol. The van der Waals surface area contributed by atoms with Crippen molar-refractivity contribution < 1.29 is 18.7 Å². The van der Waals surface area contributed by atoms with Crippen molar-refractivity contribution in [1.82, 2.24) is 14.7 Å². The van der Waals surface area contributed by atoms with Crippen LogP contribution < -0.4 is 4.74 Å². The van der Waals surface area contributed by atoms with Gasteiger partial charge in [0.2, 0.25) is 0 Å². The lowest BCUT2D eigenvalue weighted by Crippen LogP contribution is -2.45. The Hall–Kier alpha value is -3.19. The molecule has 0 bridgehead atoms. The minimum Gasteiger partial charge on any atom is -0.497 e. The fourth-order valence-corrected chi connectivity index (χ4v) is 3.56. The van der Waals surface area contributed by atoms with Gasteiger partial charge in [-0.3, -0.25) is 4.79 Å². The number of halogens is 1. The van der Waals surface area contributed by atoms with Gasteiger partial charge >= 0.3 is 0 Å². The van der Waals surface area contributed by atoms with Crippen LogP contribution in [0.15, 0.2) is 54.7 Å². The van der Waals surface area contributed by atoms with Crippen LogP contribution in [0.2, 0.25) is 0 Å². The Kier molecular flexibility index (Phi) is 5.81. The average Bonchev–Trinajstić information content (AvgIpc) is 3.24. The second kappa shape index (κ2) is 8.67. The Morgan fingerprint density at radius 2 is 2.07 bits per heavy atom. The zero-order valence-electron chi connectivity index (χ0n) is 17.0. The van der Waals surface area contributed by atoms with Crippen molar-refractivity contribution in [3.8, 4) is 22.7 Å².